The molecule has 0 aromatic rings. The molecule has 0 rings (SSSR count). The number of halogens is 3. The van der Waals surface area contributed by atoms with Crippen molar-refractivity contribution in [2.75, 3.05) is 14.1 Å². The molecule has 0 spiro atoms. The molecule has 0 saturated heterocycles. The SMILES string of the molecule is CCC(C)P(F)(F)(F)N(C)C. The van der Waals surface area contributed by atoms with Crippen LogP contribution in [0.25, 0.3) is 0 Å². The third-order valence-corrected chi connectivity index (χ3v) is 5.10. The number of rotatable bonds is 3. The van der Waals surface area contributed by atoms with Gasteiger partial charge in [-0.2, -0.15) is 0 Å². The Kier molecular flexibility index (Phi) is 2.95. The second-order valence-corrected chi connectivity index (χ2v) is 6.27. The van der Waals surface area contributed by atoms with Crippen LogP contribution in [-0.4, -0.2) is 24.4 Å². The molecule has 0 amide bonds. The summed E-state index contributed by atoms with van der Waals surface area (Å²) in [5.41, 5.74) is -1.16. The maximum absolute atomic E-state index is 13.0. The molecule has 5 heteroatoms. The van der Waals surface area contributed by atoms with E-state index in [-0.39, 0.29) is 6.42 Å². The first kappa shape index (κ1) is 11.2. The Balaban J connectivity index is 4.63. The predicted octanol–water partition coefficient (Wildman–Crippen LogP) is 3.47. The van der Waals surface area contributed by atoms with Crippen molar-refractivity contribution in [3.63, 3.8) is 0 Å². The van der Waals surface area contributed by atoms with E-state index in [4.69, 9.17) is 0 Å². The van der Waals surface area contributed by atoms with E-state index < -0.39 is 13.3 Å². The van der Waals surface area contributed by atoms with Crippen LogP contribution >= 0.6 is 7.69 Å². The average Bonchev–Trinajstić information content (AvgIpc) is 1.85. The van der Waals surface area contributed by atoms with Crippen molar-refractivity contribution in [3.8, 4) is 0 Å². The van der Waals surface area contributed by atoms with Gasteiger partial charge in [-0.15, -0.1) is 0 Å². The van der Waals surface area contributed by atoms with Crippen molar-refractivity contribution < 1.29 is 12.6 Å². The van der Waals surface area contributed by atoms with Gasteiger partial charge in [0.15, 0.2) is 0 Å². The van der Waals surface area contributed by atoms with Crippen molar-refractivity contribution in [2.45, 2.75) is 25.9 Å². The first-order valence-electron chi connectivity index (χ1n) is 3.55. The molecule has 70 valence electrons. The van der Waals surface area contributed by atoms with Crippen LogP contribution in [0.3, 0.4) is 0 Å². The van der Waals surface area contributed by atoms with E-state index in [1.54, 1.807) is 6.92 Å². The fraction of sp³-hybridized carbons (Fsp3) is 1.00. The first-order valence-corrected chi connectivity index (χ1v) is 5.48. The molecule has 0 saturated carbocycles. The molecule has 0 bridgehead atoms. The van der Waals surface area contributed by atoms with Gasteiger partial charge in [0, 0.05) is 0 Å². The third-order valence-electron chi connectivity index (χ3n) is 1.97. The standard InChI is InChI=1S/C6H15F3NP/c1-5-6(2)11(7,8,9)10(3)4/h6H,5H2,1-4H3. The number of nitrogens with zero attached hydrogens (tertiary/aromatic N) is 1. The van der Waals surface area contributed by atoms with E-state index in [9.17, 15) is 12.6 Å². The minimum absolute atomic E-state index is 0.166. The van der Waals surface area contributed by atoms with Gasteiger partial charge in [-0.3, -0.25) is 0 Å². The Morgan fingerprint density at radius 3 is 1.73 bits per heavy atom. The second kappa shape index (κ2) is 2.91. The van der Waals surface area contributed by atoms with Gasteiger partial charge in [0.05, 0.1) is 0 Å². The van der Waals surface area contributed by atoms with Gasteiger partial charge in [-0.25, -0.2) is 0 Å². The van der Waals surface area contributed by atoms with Crippen molar-refractivity contribution >= 4 is 7.69 Å². The fourth-order valence-corrected chi connectivity index (χ4v) is 2.05. The molecule has 0 aromatic carbocycles. The van der Waals surface area contributed by atoms with Crippen LogP contribution in [0, 0.1) is 0 Å². The molecule has 11 heavy (non-hydrogen) atoms. The van der Waals surface area contributed by atoms with Crippen LogP contribution in [0.1, 0.15) is 20.3 Å². The molecule has 0 aliphatic carbocycles. The Bertz CT molecular complexity index is 140. The van der Waals surface area contributed by atoms with Crippen LogP contribution in [0.2, 0.25) is 0 Å². The van der Waals surface area contributed by atoms with Crippen LogP contribution in [0.4, 0.5) is 12.6 Å². The summed E-state index contributed by atoms with van der Waals surface area (Å²) < 4.78 is 39.5. The molecule has 0 aliphatic rings. The summed E-state index contributed by atoms with van der Waals surface area (Å²) in [6.45, 7) is 2.81. The van der Waals surface area contributed by atoms with Crippen LogP contribution < -0.4 is 0 Å². The van der Waals surface area contributed by atoms with Gasteiger partial charge < -0.3 is 0 Å². The molecule has 0 fully saturated rings. The molecule has 0 aromatic heterocycles. The van der Waals surface area contributed by atoms with Crippen molar-refractivity contribution in [2.24, 2.45) is 0 Å². The van der Waals surface area contributed by atoms with Crippen molar-refractivity contribution in [3.05, 3.63) is 0 Å². The molecule has 0 radical (unpaired) electrons. The predicted molar refractivity (Wildman–Crippen MR) is 43.7 cm³/mol. The number of hydrogen-bond acceptors (Lipinski definition) is 1. The van der Waals surface area contributed by atoms with Crippen LogP contribution in [-0.2, 0) is 0 Å². The molecule has 1 nitrogen and oxygen atoms in total. The minimum atomic E-state index is -6.01. The monoisotopic (exact) mass is 189 g/mol. The van der Waals surface area contributed by atoms with E-state index >= 15 is 0 Å². The molecular formula is C6H15F3NP. The van der Waals surface area contributed by atoms with Gasteiger partial charge >= 0.3 is 65.0 Å². The zero-order valence-corrected chi connectivity index (χ0v) is 8.21. The Labute approximate surface area is 65.9 Å². The summed E-state index contributed by atoms with van der Waals surface area (Å²) >= 11 is 0. The van der Waals surface area contributed by atoms with Gasteiger partial charge in [-0.1, -0.05) is 0 Å². The van der Waals surface area contributed by atoms with E-state index in [1.807, 2.05) is 0 Å². The first-order chi connectivity index (χ1) is 4.71. The summed E-state index contributed by atoms with van der Waals surface area (Å²) in [6, 6.07) is 0. The van der Waals surface area contributed by atoms with Crippen LogP contribution in [0.15, 0.2) is 0 Å². The van der Waals surface area contributed by atoms with Gasteiger partial charge in [0.2, 0.25) is 0 Å². The summed E-state index contributed by atoms with van der Waals surface area (Å²) in [6.07, 6.45) is 0.166. The third kappa shape index (κ3) is 2.06. The molecule has 1 unspecified atom stereocenters. The van der Waals surface area contributed by atoms with E-state index in [0.29, 0.717) is 4.67 Å². The summed E-state index contributed by atoms with van der Waals surface area (Å²) in [5.74, 6) is 0. The van der Waals surface area contributed by atoms with E-state index in [0.717, 1.165) is 14.1 Å². The molecule has 0 N–H and O–H groups in total. The van der Waals surface area contributed by atoms with Gasteiger partial charge in [-0.05, 0) is 0 Å². The van der Waals surface area contributed by atoms with Gasteiger partial charge in [0.1, 0.15) is 0 Å². The van der Waals surface area contributed by atoms with E-state index in [1.165, 1.54) is 6.92 Å². The molecular weight excluding hydrogens is 174 g/mol. The summed E-state index contributed by atoms with van der Waals surface area (Å²) in [4.78, 5) is 0. The fourth-order valence-electron chi connectivity index (χ4n) is 0.683. The van der Waals surface area contributed by atoms with Crippen molar-refractivity contribution in [1.82, 2.24) is 4.67 Å². The average molecular weight is 189 g/mol. The second-order valence-electron chi connectivity index (χ2n) is 2.93. The number of hydrogen-bond donors (Lipinski definition) is 0. The van der Waals surface area contributed by atoms with Crippen LogP contribution in [0.5, 0.6) is 0 Å². The Hall–Kier alpha value is 0.180. The normalized spacial score (nSPS) is 19.5. The van der Waals surface area contributed by atoms with Crippen molar-refractivity contribution in [1.29, 1.82) is 0 Å². The zero-order valence-electron chi connectivity index (χ0n) is 7.31. The Morgan fingerprint density at radius 1 is 1.27 bits per heavy atom. The maximum atomic E-state index is 13.0. The molecule has 0 aliphatic heterocycles. The summed E-state index contributed by atoms with van der Waals surface area (Å²) in [7, 11) is -3.84. The topological polar surface area (TPSA) is 3.24 Å². The van der Waals surface area contributed by atoms with E-state index in [2.05, 4.69) is 0 Å². The zero-order chi connectivity index (χ0) is 9.31. The molecule has 1 atom stereocenters. The Morgan fingerprint density at radius 2 is 1.64 bits per heavy atom. The quantitative estimate of drug-likeness (QED) is 0.614. The molecule has 0 heterocycles. The summed E-state index contributed by atoms with van der Waals surface area (Å²) in [5, 5.41) is 0. The van der Waals surface area contributed by atoms with Gasteiger partial charge in [0.25, 0.3) is 0 Å².